The van der Waals surface area contributed by atoms with E-state index in [1.165, 1.54) is 12.4 Å². The lowest BCUT2D eigenvalue weighted by atomic mass is 9.98. The Hall–Kier alpha value is -2.38. The molecule has 1 aromatic heterocycles. The quantitative estimate of drug-likeness (QED) is 0.643. The molecule has 1 aliphatic heterocycles. The minimum atomic E-state index is -1.08. The van der Waals surface area contributed by atoms with Crippen LogP contribution in [0.1, 0.15) is 19.8 Å². The number of carbonyl (C=O) groups is 1. The summed E-state index contributed by atoms with van der Waals surface area (Å²) in [4.78, 5) is 27.0. The van der Waals surface area contributed by atoms with Crippen LogP contribution in [0, 0.1) is 10.1 Å². The van der Waals surface area contributed by atoms with E-state index in [-0.39, 0.29) is 17.8 Å². The maximum absolute atomic E-state index is 11.1. The molecule has 0 bridgehead atoms. The highest BCUT2D eigenvalue weighted by Crippen LogP contribution is 2.31. The van der Waals surface area contributed by atoms with Crippen molar-refractivity contribution in [3.63, 3.8) is 0 Å². The Kier molecular flexibility index (Phi) is 4.02. The van der Waals surface area contributed by atoms with E-state index in [0.717, 1.165) is 12.8 Å². The Bertz CT molecular complexity index is 522. The third-order valence-electron chi connectivity index (χ3n) is 3.49. The molecule has 0 aliphatic carbocycles. The zero-order valence-electron chi connectivity index (χ0n) is 11.0. The largest absolute Gasteiger partial charge is 0.465 e. The number of nitrogens with one attached hydrogen (secondary N) is 1. The van der Waals surface area contributed by atoms with Crippen molar-refractivity contribution in [2.24, 2.45) is 0 Å². The van der Waals surface area contributed by atoms with E-state index in [2.05, 4.69) is 10.3 Å². The highest BCUT2D eigenvalue weighted by Gasteiger charge is 2.30. The number of nitro groups is 1. The topological polar surface area (TPSA) is 109 Å². The number of aromatic nitrogens is 1. The van der Waals surface area contributed by atoms with Crippen molar-refractivity contribution in [2.75, 3.05) is 11.4 Å². The van der Waals surface area contributed by atoms with Gasteiger partial charge in [0.05, 0.1) is 4.92 Å². The van der Waals surface area contributed by atoms with Gasteiger partial charge in [0.15, 0.2) is 0 Å². The molecule has 2 unspecified atom stereocenters. The van der Waals surface area contributed by atoms with Gasteiger partial charge in [0, 0.05) is 24.8 Å². The van der Waals surface area contributed by atoms with Crippen LogP contribution in [0.2, 0.25) is 0 Å². The van der Waals surface area contributed by atoms with Crippen molar-refractivity contribution in [1.82, 2.24) is 10.3 Å². The van der Waals surface area contributed by atoms with Gasteiger partial charge in [-0.3, -0.25) is 15.1 Å². The summed E-state index contributed by atoms with van der Waals surface area (Å²) >= 11 is 0. The van der Waals surface area contributed by atoms with E-state index >= 15 is 0 Å². The van der Waals surface area contributed by atoms with Gasteiger partial charge in [-0.1, -0.05) is 0 Å². The molecule has 1 fully saturated rings. The first kappa shape index (κ1) is 14.0. The fourth-order valence-corrected chi connectivity index (χ4v) is 2.50. The Balaban J connectivity index is 2.25. The second-order valence-corrected chi connectivity index (χ2v) is 4.85. The number of nitrogens with zero attached hydrogens (tertiary/aromatic N) is 3. The molecule has 0 spiro atoms. The van der Waals surface area contributed by atoms with Crippen molar-refractivity contribution < 1.29 is 14.8 Å². The highest BCUT2D eigenvalue weighted by molar-refractivity contribution is 5.66. The molecule has 0 saturated carbocycles. The van der Waals surface area contributed by atoms with Crippen molar-refractivity contribution in [1.29, 1.82) is 0 Å². The molecule has 8 heteroatoms. The number of carboxylic acid groups (broad SMARTS) is 1. The van der Waals surface area contributed by atoms with Crippen LogP contribution in [-0.2, 0) is 0 Å². The van der Waals surface area contributed by atoms with Crippen LogP contribution in [-0.4, -0.2) is 39.7 Å². The average Bonchev–Trinajstić information content (AvgIpc) is 2.40. The third-order valence-corrected chi connectivity index (χ3v) is 3.49. The van der Waals surface area contributed by atoms with Gasteiger partial charge >= 0.3 is 11.8 Å². The molecule has 2 heterocycles. The van der Waals surface area contributed by atoms with Gasteiger partial charge in [-0.05, 0) is 25.8 Å². The molecule has 2 N–H and O–H groups in total. The third kappa shape index (κ3) is 2.95. The van der Waals surface area contributed by atoms with Gasteiger partial charge in [-0.15, -0.1) is 0 Å². The van der Waals surface area contributed by atoms with Crippen LogP contribution >= 0.6 is 0 Å². The second kappa shape index (κ2) is 5.72. The van der Waals surface area contributed by atoms with Crippen molar-refractivity contribution >= 4 is 17.5 Å². The molecule has 1 aromatic rings. The van der Waals surface area contributed by atoms with Gasteiger partial charge in [0.2, 0.25) is 0 Å². The first-order valence-electron chi connectivity index (χ1n) is 6.33. The molecule has 2 atom stereocenters. The number of anilines is 1. The lowest BCUT2D eigenvalue weighted by molar-refractivity contribution is -0.384. The zero-order valence-corrected chi connectivity index (χ0v) is 11.0. The van der Waals surface area contributed by atoms with E-state index in [9.17, 15) is 14.9 Å². The molecule has 1 amide bonds. The summed E-state index contributed by atoms with van der Waals surface area (Å²) in [5.41, 5.74) is 0.421. The van der Waals surface area contributed by atoms with Crippen LogP contribution < -0.4 is 10.2 Å². The van der Waals surface area contributed by atoms with Gasteiger partial charge in [-0.2, -0.15) is 0 Å². The number of amides is 1. The minimum absolute atomic E-state index is 0.0599. The van der Waals surface area contributed by atoms with E-state index in [4.69, 9.17) is 5.11 Å². The molecular weight excluding hydrogens is 264 g/mol. The molecule has 20 heavy (non-hydrogen) atoms. The average molecular weight is 280 g/mol. The number of pyridine rings is 1. The molecule has 1 saturated heterocycles. The summed E-state index contributed by atoms with van der Waals surface area (Å²) in [5, 5.41) is 22.3. The van der Waals surface area contributed by atoms with Gasteiger partial charge in [-0.25, -0.2) is 4.79 Å². The van der Waals surface area contributed by atoms with Gasteiger partial charge < -0.3 is 15.3 Å². The molecule has 108 valence electrons. The Morgan fingerprint density at radius 2 is 2.35 bits per heavy atom. The minimum Gasteiger partial charge on any atom is -0.465 e. The lowest BCUT2D eigenvalue weighted by Crippen LogP contribution is -2.51. The van der Waals surface area contributed by atoms with Crippen molar-refractivity contribution in [2.45, 2.75) is 31.8 Å². The molecule has 0 aromatic carbocycles. The van der Waals surface area contributed by atoms with E-state index < -0.39 is 11.0 Å². The molecule has 8 nitrogen and oxygen atoms in total. The van der Waals surface area contributed by atoms with E-state index in [0.29, 0.717) is 12.2 Å². The Morgan fingerprint density at radius 3 is 3.00 bits per heavy atom. The molecule has 2 rings (SSSR count). The molecular formula is C12H16N4O4. The Morgan fingerprint density at radius 1 is 1.60 bits per heavy atom. The van der Waals surface area contributed by atoms with E-state index in [1.54, 1.807) is 6.07 Å². The normalized spacial score (nSPS) is 22.4. The van der Waals surface area contributed by atoms with E-state index in [1.807, 2.05) is 11.8 Å². The maximum Gasteiger partial charge on any atom is 0.404 e. The van der Waals surface area contributed by atoms with Crippen molar-refractivity contribution in [3.05, 3.63) is 28.6 Å². The summed E-state index contributed by atoms with van der Waals surface area (Å²) in [7, 11) is 0. The molecule has 0 radical (unpaired) electrons. The smallest absolute Gasteiger partial charge is 0.404 e. The number of hydrogen-bond donors (Lipinski definition) is 2. The predicted octanol–water partition coefficient (Wildman–Crippen LogP) is 1.61. The Labute approximate surface area is 115 Å². The first-order valence-corrected chi connectivity index (χ1v) is 6.33. The summed E-state index contributed by atoms with van der Waals surface area (Å²) < 4.78 is 0. The SMILES string of the molecule is CC1CCC(NC(=O)O)CN1c1ccncc1[N+](=O)[O-]. The first-order chi connectivity index (χ1) is 9.49. The summed E-state index contributed by atoms with van der Waals surface area (Å²) in [5.74, 6) is 0. The fourth-order valence-electron chi connectivity index (χ4n) is 2.50. The van der Waals surface area contributed by atoms with Crippen LogP contribution in [0.25, 0.3) is 0 Å². The number of hydrogen-bond acceptors (Lipinski definition) is 5. The number of rotatable bonds is 3. The van der Waals surface area contributed by atoms with Crippen LogP contribution in [0.3, 0.4) is 0 Å². The van der Waals surface area contributed by atoms with Gasteiger partial charge in [0.1, 0.15) is 11.9 Å². The summed E-state index contributed by atoms with van der Waals surface area (Å²) in [6.45, 7) is 2.39. The standard InChI is InChI=1S/C12H16N4O4/c1-8-2-3-9(14-12(17)18)7-15(8)10-4-5-13-6-11(10)16(19)20/h4-6,8-9,14H,2-3,7H2,1H3,(H,17,18). The summed E-state index contributed by atoms with van der Waals surface area (Å²) in [6.07, 6.45) is 3.14. The fraction of sp³-hybridized carbons (Fsp3) is 0.500. The maximum atomic E-state index is 11.1. The van der Waals surface area contributed by atoms with Crippen LogP contribution in [0.5, 0.6) is 0 Å². The number of piperidine rings is 1. The van der Waals surface area contributed by atoms with Gasteiger partial charge in [0.25, 0.3) is 0 Å². The van der Waals surface area contributed by atoms with Crippen LogP contribution in [0.15, 0.2) is 18.5 Å². The summed E-state index contributed by atoms with van der Waals surface area (Å²) in [6, 6.07) is 1.48. The monoisotopic (exact) mass is 280 g/mol. The highest BCUT2D eigenvalue weighted by atomic mass is 16.6. The predicted molar refractivity (Wildman–Crippen MR) is 71.9 cm³/mol. The van der Waals surface area contributed by atoms with Crippen LogP contribution in [0.4, 0.5) is 16.2 Å². The zero-order chi connectivity index (χ0) is 14.7. The molecule has 1 aliphatic rings. The lowest BCUT2D eigenvalue weighted by Gasteiger charge is -2.39. The van der Waals surface area contributed by atoms with Crippen molar-refractivity contribution in [3.8, 4) is 0 Å². The second-order valence-electron chi connectivity index (χ2n) is 4.85.